The molecule has 1 aliphatic rings. The Morgan fingerprint density at radius 1 is 1.37 bits per heavy atom. The van der Waals surface area contributed by atoms with E-state index in [1.54, 1.807) is 24.3 Å². The average molecular weight is 281 g/mol. The predicted octanol–water partition coefficient (Wildman–Crippen LogP) is 1.81. The molecule has 19 heavy (non-hydrogen) atoms. The van der Waals surface area contributed by atoms with Gasteiger partial charge in [-0.2, -0.15) is 4.99 Å². The second-order valence-corrected chi connectivity index (χ2v) is 6.65. The van der Waals surface area contributed by atoms with Gasteiger partial charge < -0.3 is 4.74 Å². The van der Waals surface area contributed by atoms with Gasteiger partial charge >= 0.3 is 0 Å². The van der Waals surface area contributed by atoms with Crippen molar-refractivity contribution in [2.24, 2.45) is 4.99 Å². The van der Waals surface area contributed by atoms with Crippen molar-refractivity contribution in [1.82, 2.24) is 0 Å². The maximum absolute atomic E-state index is 12.0. The first kappa shape index (κ1) is 13.8. The van der Waals surface area contributed by atoms with E-state index in [9.17, 15) is 13.2 Å². The van der Waals surface area contributed by atoms with E-state index in [-0.39, 0.29) is 10.6 Å². The zero-order chi connectivity index (χ0) is 14.1. The third-order valence-corrected chi connectivity index (χ3v) is 4.67. The third-order valence-electron chi connectivity index (χ3n) is 3.51. The highest BCUT2D eigenvalue weighted by Gasteiger charge is 2.42. The minimum Gasteiger partial charge on any atom is -0.495 e. The van der Waals surface area contributed by atoms with Gasteiger partial charge in [0.1, 0.15) is 10.6 Å². The highest BCUT2D eigenvalue weighted by atomic mass is 32.2. The fourth-order valence-electron chi connectivity index (χ4n) is 2.47. The van der Waals surface area contributed by atoms with Gasteiger partial charge in [-0.15, -0.1) is 0 Å². The highest BCUT2D eigenvalue weighted by molar-refractivity contribution is 7.90. The lowest BCUT2D eigenvalue weighted by atomic mass is 9.72. The average Bonchev–Trinajstić information content (AvgIpc) is 2.31. The molecule has 1 aromatic carbocycles. The summed E-state index contributed by atoms with van der Waals surface area (Å²) in [4.78, 5) is 14.6. The summed E-state index contributed by atoms with van der Waals surface area (Å²) >= 11 is 0. The number of sulfone groups is 1. The van der Waals surface area contributed by atoms with E-state index < -0.39 is 15.4 Å². The van der Waals surface area contributed by atoms with E-state index in [0.717, 1.165) is 12.7 Å². The van der Waals surface area contributed by atoms with E-state index in [0.29, 0.717) is 18.4 Å². The largest absolute Gasteiger partial charge is 0.495 e. The summed E-state index contributed by atoms with van der Waals surface area (Å²) in [7, 11) is -2.05. The number of rotatable bonds is 4. The molecule has 0 unspecified atom stereocenters. The molecule has 1 saturated carbocycles. The number of nitrogens with zero attached hydrogens (tertiary/aromatic N) is 1. The Bertz CT molecular complexity index is 641. The Labute approximate surface area is 112 Å². The summed E-state index contributed by atoms with van der Waals surface area (Å²) in [6, 6.07) is 5.00. The Hall–Kier alpha value is -1.65. The van der Waals surface area contributed by atoms with Crippen LogP contribution in [0, 0.1) is 0 Å². The smallest absolute Gasteiger partial charge is 0.235 e. The molecule has 0 heterocycles. The van der Waals surface area contributed by atoms with Gasteiger partial charge in [0.05, 0.1) is 12.6 Å². The first-order valence-corrected chi connectivity index (χ1v) is 7.80. The van der Waals surface area contributed by atoms with Crippen molar-refractivity contribution in [2.75, 3.05) is 13.4 Å². The van der Waals surface area contributed by atoms with Gasteiger partial charge in [-0.25, -0.2) is 13.2 Å². The van der Waals surface area contributed by atoms with Crippen molar-refractivity contribution in [3.05, 3.63) is 23.8 Å². The van der Waals surface area contributed by atoms with Crippen molar-refractivity contribution in [3.63, 3.8) is 0 Å². The quantitative estimate of drug-likeness (QED) is 0.623. The van der Waals surface area contributed by atoms with Gasteiger partial charge in [0, 0.05) is 11.8 Å². The highest BCUT2D eigenvalue weighted by Crippen LogP contribution is 2.48. The lowest BCUT2D eigenvalue weighted by molar-refractivity contribution is 0.249. The van der Waals surface area contributed by atoms with Crippen LogP contribution in [0.1, 0.15) is 24.8 Å². The Morgan fingerprint density at radius 3 is 2.47 bits per heavy atom. The minimum absolute atomic E-state index is 0.121. The van der Waals surface area contributed by atoms with E-state index in [1.165, 1.54) is 7.11 Å². The molecule has 5 nitrogen and oxygen atoms in total. The van der Waals surface area contributed by atoms with Crippen LogP contribution in [0.2, 0.25) is 0 Å². The van der Waals surface area contributed by atoms with Gasteiger partial charge in [-0.3, -0.25) is 0 Å². The van der Waals surface area contributed by atoms with Crippen LogP contribution in [0.15, 0.2) is 28.1 Å². The van der Waals surface area contributed by atoms with Gasteiger partial charge in [-0.05, 0) is 25.3 Å². The topological polar surface area (TPSA) is 72.8 Å². The lowest BCUT2D eigenvalue weighted by Crippen LogP contribution is -2.33. The molecular weight excluding hydrogens is 266 g/mol. The van der Waals surface area contributed by atoms with E-state index in [4.69, 9.17) is 4.74 Å². The Kier molecular flexibility index (Phi) is 3.47. The summed E-state index contributed by atoms with van der Waals surface area (Å²) in [5.74, 6) is 0.285. The van der Waals surface area contributed by atoms with Crippen LogP contribution in [-0.2, 0) is 20.2 Å². The standard InChI is InChI=1S/C13H15NO4S/c1-18-11-6-3-5-10(12(11)19(2,16)17)13(14-9-15)7-4-8-13/h3,5-6H,4,7-8H2,1-2H3. The maximum Gasteiger partial charge on any atom is 0.235 e. The minimum atomic E-state index is -3.47. The van der Waals surface area contributed by atoms with Crippen molar-refractivity contribution in [1.29, 1.82) is 0 Å². The van der Waals surface area contributed by atoms with E-state index in [2.05, 4.69) is 4.99 Å². The number of ether oxygens (including phenoxy) is 1. The number of benzene rings is 1. The molecule has 0 spiro atoms. The molecule has 102 valence electrons. The molecular formula is C13H15NO4S. The molecule has 6 heteroatoms. The van der Waals surface area contributed by atoms with Crippen LogP contribution < -0.4 is 4.74 Å². The van der Waals surface area contributed by atoms with Crippen molar-refractivity contribution < 1.29 is 17.9 Å². The first-order chi connectivity index (χ1) is 8.94. The molecule has 2 rings (SSSR count). The lowest BCUT2D eigenvalue weighted by Gasteiger charge is -2.38. The van der Waals surface area contributed by atoms with Gasteiger partial charge in [0.15, 0.2) is 9.84 Å². The molecule has 0 atom stereocenters. The number of isocyanates is 1. The van der Waals surface area contributed by atoms with Crippen LogP contribution in [0.5, 0.6) is 5.75 Å². The molecule has 1 aliphatic carbocycles. The van der Waals surface area contributed by atoms with Gasteiger partial charge in [-0.1, -0.05) is 12.1 Å². The van der Waals surface area contributed by atoms with Crippen LogP contribution in [0.25, 0.3) is 0 Å². The second-order valence-electron chi connectivity index (χ2n) is 4.70. The summed E-state index contributed by atoms with van der Waals surface area (Å²) in [6.45, 7) is 0. The summed E-state index contributed by atoms with van der Waals surface area (Å²) in [5, 5.41) is 0. The fourth-order valence-corrected chi connectivity index (χ4v) is 3.64. The fraction of sp³-hybridized carbons (Fsp3) is 0.462. The molecule has 1 aromatic rings. The molecule has 0 aliphatic heterocycles. The molecule has 0 aromatic heterocycles. The van der Waals surface area contributed by atoms with Gasteiger partial charge in [0.25, 0.3) is 0 Å². The summed E-state index contributed by atoms with van der Waals surface area (Å²) in [6.07, 6.45) is 4.90. The van der Waals surface area contributed by atoms with Crippen LogP contribution in [0.4, 0.5) is 0 Å². The number of hydrogen-bond acceptors (Lipinski definition) is 5. The predicted molar refractivity (Wildman–Crippen MR) is 69.8 cm³/mol. The normalized spacial score (nSPS) is 17.2. The SMILES string of the molecule is COc1cccc(C2(N=C=O)CCC2)c1S(C)(=O)=O. The number of carbonyl (C=O) groups excluding carboxylic acids is 1. The van der Waals surface area contributed by atoms with Crippen molar-refractivity contribution >= 4 is 15.9 Å². The van der Waals surface area contributed by atoms with E-state index in [1.807, 2.05) is 0 Å². The van der Waals surface area contributed by atoms with Crippen molar-refractivity contribution in [2.45, 2.75) is 29.7 Å². The van der Waals surface area contributed by atoms with Crippen LogP contribution in [-0.4, -0.2) is 27.9 Å². The summed E-state index contributed by atoms with van der Waals surface area (Å²) < 4.78 is 29.1. The van der Waals surface area contributed by atoms with Crippen LogP contribution >= 0.6 is 0 Å². The Morgan fingerprint density at radius 2 is 2.05 bits per heavy atom. The van der Waals surface area contributed by atoms with Crippen molar-refractivity contribution in [3.8, 4) is 5.75 Å². The molecule has 1 fully saturated rings. The second kappa shape index (κ2) is 4.79. The van der Waals surface area contributed by atoms with Gasteiger partial charge in [0.2, 0.25) is 6.08 Å². The molecule has 0 bridgehead atoms. The molecule has 0 amide bonds. The number of methoxy groups -OCH3 is 1. The maximum atomic E-state index is 12.0. The zero-order valence-electron chi connectivity index (χ0n) is 10.8. The third kappa shape index (κ3) is 2.29. The first-order valence-electron chi connectivity index (χ1n) is 5.91. The monoisotopic (exact) mass is 281 g/mol. The van der Waals surface area contributed by atoms with E-state index >= 15 is 0 Å². The zero-order valence-corrected chi connectivity index (χ0v) is 11.7. The molecule has 0 radical (unpaired) electrons. The number of aliphatic imine (C=N–C) groups is 1. The van der Waals surface area contributed by atoms with Crippen LogP contribution in [0.3, 0.4) is 0 Å². The number of hydrogen-bond donors (Lipinski definition) is 0. The molecule has 0 saturated heterocycles. The summed E-state index contributed by atoms with van der Waals surface area (Å²) in [5.41, 5.74) is -0.224. The molecule has 0 N–H and O–H groups in total. The Balaban J connectivity index is 2.74.